The van der Waals surface area contributed by atoms with E-state index in [1.807, 2.05) is 47.5 Å². The van der Waals surface area contributed by atoms with E-state index in [9.17, 15) is 9.59 Å². The average molecular weight is 530 g/mol. The molecule has 8 heteroatoms. The number of carbonyl (C=O) groups is 2. The number of methoxy groups -OCH3 is 1. The zero-order valence-electron chi connectivity index (χ0n) is 22.5. The van der Waals surface area contributed by atoms with Crippen LogP contribution in [0.4, 0.5) is 5.69 Å². The first-order valence-corrected chi connectivity index (χ1v) is 13.7. The Kier molecular flexibility index (Phi) is 8.30. The molecule has 2 aliphatic rings. The third kappa shape index (κ3) is 6.16. The first kappa shape index (κ1) is 26.5. The summed E-state index contributed by atoms with van der Waals surface area (Å²) in [5, 5.41) is 9.72. The molecular formula is C31H35N3O5. The molecule has 39 heavy (non-hydrogen) atoms. The highest BCUT2D eigenvalue weighted by atomic mass is 16.5. The van der Waals surface area contributed by atoms with E-state index < -0.39 is 0 Å². The minimum absolute atomic E-state index is 0.156. The zero-order chi connectivity index (χ0) is 27.2. The molecule has 2 atom stereocenters. The van der Waals surface area contributed by atoms with E-state index in [-0.39, 0.29) is 29.7 Å². The molecule has 1 N–H and O–H groups in total. The Bertz CT molecular complexity index is 1300. The smallest absolute Gasteiger partial charge is 0.291 e. The van der Waals surface area contributed by atoms with Crippen LogP contribution in [-0.4, -0.2) is 42.2 Å². The van der Waals surface area contributed by atoms with Crippen LogP contribution in [0.15, 0.2) is 70.4 Å². The topological polar surface area (TPSA) is 93.4 Å². The number of hydrogen-bond donors (Lipinski definition) is 1. The predicted molar refractivity (Wildman–Crippen MR) is 149 cm³/mol. The Balaban J connectivity index is 1.36. The van der Waals surface area contributed by atoms with Crippen LogP contribution >= 0.6 is 0 Å². The molecule has 204 valence electrons. The third-order valence-electron chi connectivity index (χ3n) is 7.54. The number of benzene rings is 2. The van der Waals surface area contributed by atoms with Crippen molar-refractivity contribution in [2.45, 2.75) is 64.1 Å². The van der Waals surface area contributed by atoms with Gasteiger partial charge in [-0.25, -0.2) is 0 Å². The van der Waals surface area contributed by atoms with Crippen LogP contribution in [0.5, 0.6) is 11.5 Å². The fourth-order valence-corrected chi connectivity index (χ4v) is 5.35. The number of amides is 1. The highest BCUT2D eigenvalue weighted by Gasteiger charge is 2.31. The highest BCUT2D eigenvalue weighted by Crippen LogP contribution is 2.35. The maximum absolute atomic E-state index is 12.3. The number of hydrogen-bond acceptors (Lipinski definition) is 7. The van der Waals surface area contributed by atoms with Gasteiger partial charge in [-0.15, -0.1) is 0 Å². The van der Waals surface area contributed by atoms with Gasteiger partial charge >= 0.3 is 0 Å². The van der Waals surface area contributed by atoms with Crippen molar-refractivity contribution in [3.05, 3.63) is 77.7 Å². The minimum atomic E-state index is -0.315. The number of furan rings is 1. The Morgan fingerprint density at radius 1 is 1.13 bits per heavy atom. The summed E-state index contributed by atoms with van der Waals surface area (Å²) in [6.45, 7) is 2.60. The fourth-order valence-electron chi connectivity index (χ4n) is 5.35. The normalized spacial score (nSPS) is 19.4. The predicted octanol–water partition coefficient (Wildman–Crippen LogP) is 6.07. The molecule has 2 unspecified atom stereocenters. The number of nitrogens with one attached hydrogen (secondary N) is 1. The van der Waals surface area contributed by atoms with Gasteiger partial charge in [-0.1, -0.05) is 19.1 Å². The summed E-state index contributed by atoms with van der Waals surface area (Å²) in [5.74, 6) is 1.57. The van der Waals surface area contributed by atoms with E-state index in [1.54, 1.807) is 19.2 Å². The largest absolute Gasteiger partial charge is 0.493 e. The maximum Gasteiger partial charge on any atom is 0.291 e. The monoisotopic (exact) mass is 529 g/mol. The van der Waals surface area contributed by atoms with Gasteiger partial charge in [-0.2, -0.15) is 5.10 Å². The molecule has 5 rings (SSSR count). The van der Waals surface area contributed by atoms with Gasteiger partial charge in [-0.3, -0.25) is 9.80 Å². The molecule has 3 aromatic rings. The summed E-state index contributed by atoms with van der Waals surface area (Å²) in [4.78, 5) is 24.3. The van der Waals surface area contributed by atoms with Gasteiger partial charge < -0.3 is 24.0 Å². The van der Waals surface area contributed by atoms with Crippen molar-refractivity contribution in [2.24, 2.45) is 11.0 Å². The molecule has 1 saturated carbocycles. The van der Waals surface area contributed by atoms with Crippen molar-refractivity contribution < 1.29 is 23.5 Å². The number of nitrogens with zero attached hydrogens (tertiary/aromatic N) is 2. The number of rotatable bonds is 10. The van der Waals surface area contributed by atoms with Crippen molar-refractivity contribution in [3.63, 3.8) is 0 Å². The molecule has 0 saturated heterocycles. The molecule has 2 aromatic carbocycles. The lowest BCUT2D eigenvalue weighted by molar-refractivity contribution is -0.113. The molecule has 1 aliphatic carbocycles. The van der Waals surface area contributed by atoms with Gasteiger partial charge in [0.2, 0.25) is 0 Å². The lowest BCUT2D eigenvalue weighted by atomic mass is 9.87. The zero-order valence-corrected chi connectivity index (χ0v) is 22.5. The molecular weight excluding hydrogens is 494 g/mol. The lowest BCUT2D eigenvalue weighted by Gasteiger charge is -2.35. The molecule has 1 fully saturated rings. The fraction of sp³-hybridized carbons (Fsp3) is 0.387. The summed E-state index contributed by atoms with van der Waals surface area (Å²) in [6.07, 6.45) is 8.75. The quantitative estimate of drug-likeness (QED) is 0.321. The molecule has 1 amide bonds. The summed E-state index contributed by atoms with van der Waals surface area (Å²) < 4.78 is 17.1. The number of hydrazone groups is 1. The van der Waals surface area contributed by atoms with Crippen LogP contribution in [0.25, 0.3) is 0 Å². The van der Waals surface area contributed by atoms with E-state index in [1.165, 1.54) is 19.1 Å². The second-order valence-electron chi connectivity index (χ2n) is 10.1. The minimum Gasteiger partial charge on any atom is -0.493 e. The van der Waals surface area contributed by atoms with Gasteiger partial charge in [0.25, 0.3) is 5.91 Å². The van der Waals surface area contributed by atoms with Crippen molar-refractivity contribution in [1.82, 2.24) is 5.01 Å². The van der Waals surface area contributed by atoms with E-state index in [2.05, 4.69) is 12.2 Å². The van der Waals surface area contributed by atoms with Gasteiger partial charge in [0.1, 0.15) is 12.3 Å². The molecule has 2 heterocycles. The van der Waals surface area contributed by atoms with Gasteiger partial charge in [-0.05, 0) is 86.6 Å². The van der Waals surface area contributed by atoms with Gasteiger partial charge in [0.15, 0.2) is 17.3 Å². The lowest BCUT2D eigenvalue weighted by Crippen LogP contribution is -2.41. The van der Waals surface area contributed by atoms with Crippen LogP contribution in [0, 0.1) is 5.92 Å². The molecule has 1 aromatic heterocycles. The first-order chi connectivity index (χ1) is 19.1. The molecule has 8 nitrogen and oxygen atoms in total. The molecule has 0 spiro atoms. The first-order valence-electron chi connectivity index (χ1n) is 13.7. The van der Waals surface area contributed by atoms with Crippen molar-refractivity contribution in [3.8, 4) is 11.5 Å². The summed E-state index contributed by atoms with van der Waals surface area (Å²) in [6, 6.07) is 16.5. The number of anilines is 1. The van der Waals surface area contributed by atoms with Gasteiger partial charge in [0, 0.05) is 17.2 Å². The SMILES string of the molecule is CCC1CC(C=O)N(Cc2ccc(NC(=O)c3ccco3)cc2)N=C1c1ccc(OC)c(OC2CCCC2)c1. The Labute approximate surface area is 229 Å². The van der Waals surface area contributed by atoms with Crippen LogP contribution in [0.2, 0.25) is 0 Å². The van der Waals surface area contributed by atoms with E-state index in [4.69, 9.17) is 19.0 Å². The number of carbonyl (C=O) groups excluding carboxylic acids is 2. The Morgan fingerprint density at radius 2 is 1.92 bits per heavy atom. The van der Waals surface area contributed by atoms with E-state index >= 15 is 0 Å². The summed E-state index contributed by atoms with van der Waals surface area (Å²) in [7, 11) is 1.66. The number of ether oxygens (including phenoxy) is 2. The molecule has 0 bridgehead atoms. The van der Waals surface area contributed by atoms with Crippen molar-refractivity contribution >= 4 is 23.6 Å². The van der Waals surface area contributed by atoms with Crippen LogP contribution in [0.3, 0.4) is 0 Å². The van der Waals surface area contributed by atoms with Crippen molar-refractivity contribution in [1.29, 1.82) is 0 Å². The molecule has 1 aliphatic heterocycles. The Morgan fingerprint density at radius 3 is 2.59 bits per heavy atom. The number of aldehydes is 1. The summed E-state index contributed by atoms with van der Waals surface area (Å²) >= 11 is 0. The highest BCUT2D eigenvalue weighted by molar-refractivity contribution is 6.03. The average Bonchev–Trinajstić information content (AvgIpc) is 3.69. The Hall–Kier alpha value is -4.07. The van der Waals surface area contributed by atoms with Crippen LogP contribution in [-0.2, 0) is 11.3 Å². The van der Waals surface area contributed by atoms with E-state index in [0.717, 1.165) is 53.9 Å². The van der Waals surface area contributed by atoms with Crippen molar-refractivity contribution in [2.75, 3.05) is 12.4 Å². The second-order valence-corrected chi connectivity index (χ2v) is 10.1. The maximum atomic E-state index is 12.3. The second kappa shape index (κ2) is 12.2. The third-order valence-corrected chi connectivity index (χ3v) is 7.54. The molecule has 0 radical (unpaired) electrons. The van der Waals surface area contributed by atoms with E-state index in [0.29, 0.717) is 18.7 Å². The van der Waals surface area contributed by atoms with Gasteiger partial charge in [0.05, 0.1) is 31.7 Å². The van der Waals surface area contributed by atoms with Crippen LogP contribution in [0.1, 0.15) is 67.1 Å². The standard InChI is InChI=1S/C31H35N3O5/c1-3-22-17-25(20-35)34(19-21-10-13-24(14-11-21)32-31(36)28-9-6-16-38-28)33-30(22)23-12-15-27(37-2)29(18-23)39-26-7-4-5-8-26/h6,9-16,18,20,22,25-26H,3-5,7-8,17,19H2,1-2H3,(H,32,36). The summed E-state index contributed by atoms with van der Waals surface area (Å²) in [5.41, 5.74) is 3.59. The van der Waals surface area contributed by atoms with Crippen LogP contribution < -0.4 is 14.8 Å².